The number of pyridine rings is 1. The molecule has 0 aromatic carbocycles. The molecule has 28 heavy (non-hydrogen) atoms. The van der Waals surface area contributed by atoms with Gasteiger partial charge in [-0.25, -0.2) is 19.7 Å². The minimum atomic E-state index is -0.498. The summed E-state index contributed by atoms with van der Waals surface area (Å²) in [6, 6.07) is 5.47. The standard InChI is InChI=1S/C20H24N6O2/c1-20(2,3)28-19(27)26-13-11-25(12-14-26)17-15(5-4-9-22-17)6-7-16-8-10-23-18(21)24-16/h4-5,8-10H,11-14H2,1-3H3,(H2,21,23,24). The van der Waals surface area contributed by atoms with Crippen molar-refractivity contribution in [1.82, 2.24) is 19.9 Å². The average molecular weight is 380 g/mol. The van der Waals surface area contributed by atoms with Crippen LogP contribution in [-0.2, 0) is 4.74 Å². The maximum atomic E-state index is 12.2. The van der Waals surface area contributed by atoms with Crippen molar-refractivity contribution in [3.63, 3.8) is 0 Å². The van der Waals surface area contributed by atoms with Crippen LogP contribution in [0.4, 0.5) is 16.6 Å². The van der Waals surface area contributed by atoms with Gasteiger partial charge in [-0.2, -0.15) is 0 Å². The van der Waals surface area contributed by atoms with E-state index in [2.05, 4.69) is 31.7 Å². The van der Waals surface area contributed by atoms with Gasteiger partial charge in [0.15, 0.2) is 0 Å². The molecule has 1 saturated heterocycles. The van der Waals surface area contributed by atoms with Gasteiger partial charge in [0.05, 0.1) is 5.56 Å². The van der Waals surface area contributed by atoms with Gasteiger partial charge in [-0.3, -0.25) is 0 Å². The first kappa shape index (κ1) is 19.4. The molecule has 0 saturated carbocycles. The molecule has 0 atom stereocenters. The number of nitrogens with two attached hydrogens (primary N) is 1. The summed E-state index contributed by atoms with van der Waals surface area (Å²) in [5, 5.41) is 0. The first-order valence-corrected chi connectivity index (χ1v) is 9.10. The van der Waals surface area contributed by atoms with E-state index >= 15 is 0 Å². The zero-order chi connectivity index (χ0) is 20.1. The quantitative estimate of drug-likeness (QED) is 0.755. The Kier molecular flexibility index (Phi) is 5.64. The van der Waals surface area contributed by atoms with E-state index in [0.29, 0.717) is 31.9 Å². The molecule has 2 aromatic heterocycles. The van der Waals surface area contributed by atoms with E-state index in [4.69, 9.17) is 10.5 Å². The number of hydrogen-bond donors (Lipinski definition) is 1. The molecule has 3 rings (SSSR count). The molecule has 1 aliphatic rings. The van der Waals surface area contributed by atoms with Crippen LogP contribution in [0.15, 0.2) is 30.6 Å². The molecular formula is C20H24N6O2. The first-order valence-electron chi connectivity index (χ1n) is 9.10. The van der Waals surface area contributed by atoms with Gasteiger partial charge in [-0.15, -0.1) is 0 Å². The van der Waals surface area contributed by atoms with E-state index in [0.717, 1.165) is 11.4 Å². The van der Waals surface area contributed by atoms with Gasteiger partial charge in [0, 0.05) is 38.6 Å². The molecule has 8 nitrogen and oxygen atoms in total. The van der Waals surface area contributed by atoms with E-state index in [9.17, 15) is 4.79 Å². The monoisotopic (exact) mass is 380 g/mol. The largest absolute Gasteiger partial charge is 0.444 e. The lowest BCUT2D eigenvalue weighted by atomic mass is 10.2. The summed E-state index contributed by atoms with van der Waals surface area (Å²) < 4.78 is 5.45. The SMILES string of the molecule is CC(C)(C)OC(=O)N1CCN(c2ncccc2C#Cc2ccnc(N)n2)CC1. The zero-order valence-corrected chi connectivity index (χ0v) is 16.3. The van der Waals surface area contributed by atoms with Crippen LogP contribution in [0.25, 0.3) is 0 Å². The fraction of sp³-hybridized carbons (Fsp3) is 0.400. The summed E-state index contributed by atoms with van der Waals surface area (Å²) >= 11 is 0. The molecule has 0 unspecified atom stereocenters. The lowest BCUT2D eigenvalue weighted by Gasteiger charge is -2.36. The number of rotatable bonds is 1. The number of anilines is 2. The molecule has 1 aliphatic heterocycles. The second kappa shape index (κ2) is 8.13. The highest BCUT2D eigenvalue weighted by Gasteiger charge is 2.26. The molecule has 8 heteroatoms. The second-order valence-corrected chi connectivity index (χ2v) is 7.38. The van der Waals surface area contributed by atoms with E-state index < -0.39 is 5.60 Å². The smallest absolute Gasteiger partial charge is 0.410 e. The molecular weight excluding hydrogens is 356 g/mol. The Morgan fingerprint density at radius 2 is 1.86 bits per heavy atom. The number of hydrogen-bond acceptors (Lipinski definition) is 7. The van der Waals surface area contributed by atoms with Gasteiger partial charge >= 0.3 is 6.09 Å². The highest BCUT2D eigenvalue weighted by molar-refractivity contribution is 5.69. The van der Waals surface area contributed by atoms with Crippen molar-refractivity contribution in [2.45, 2.75) is 26.4 Å². The van der Waals surface area contributed by atoms with E-state index in [1.54, 1.807) is 23.4 Å². The number of nitrogens with zero attached hydrogens (tertiary/aromatic N) is 5. The Morgan fingerprint density at radius 3 is 2.54 bits per heavy atom. The van der Waals surface area contributed by atoms with Crippen LogP contribution in [-0.4, -0.2) is 57.7 Å². The maximum absolute atomic E-state index is 12.2. The summed E-state index contributed by atoms with van der Waals surface area (Å²) in [5.74, 6) is 7.10. The predicted molar refractivity (Wildman–Crippen MR) is 107 cm³/mol. The zero-order valence-electron chi connectivity index (χ0n) is 16.3. The summed E-state index contributed by atoms with van der Waals surface area (Å²) in [6.45, 7) is 8.06. The topological polar surface area (TPSA) is 97.5 Å². The molecule has 146 valence electrons. The van der Waals surface area contributed by atoms with Crippen LogP contribution < -0.4 is 10.6 Å². The van der Waals surface area contributed by atoms with Crippen molar-refractivity contribution in [2.75, 3.05) is 36.8 Å². The van der Waals surface area contributed by atoms with Gasteiger partial charge in [-0.05, 0) is 44.9 Å². The van der Waals surface area contributed by atoms with Crippen molar-refractivity contribution >= 4 is 17.9 Å². The Bertz CT molecular complexity index is 905. The molecule has 0 bridgehead atoms. The van der Waals surface area contributed by atoms with Crippen molar-refractivity contribution in [3.8, 4) is 11.8 Å². The van der Waals surface area contributed by atoms with E-state index in [-0.39, 0.29) is 12.0 Å². The predicted octanol–water partition coefficient (Wildman–Crippen LogP) is 1.91. The third-order valence-corrected chi connectivity index (χ3v) is 4.02. The molecule has 0 radical (unpaired) electrons. The number of amides is 1. The minimum absolute atomic E-state index is 0.191. The summed E-state index contributed by atoms with van der Waals surface area (Å²) in [6.07, 6.45) is 3.03. The second-order valence-electron chi connectivity index (χ2n) is 7.38. The van der Waals surface area contributed by atoms with Crippen molar-refractivity contribution in [3.05, 3.63) is 41.9 Å². The number of aromatic nitrogens is 3. The van der Waals surface area contributed by atoms with Gasteiger partial charge in [0.1, 0.15) is 17.1 Å². The summed E-state index contributed by atoms with van der Waals surface area (Å²) in [7, 11) is 0. The Morgan fingerprint density at radius 1 is 1.11 bits per heavy atom. The third kappa shape index (κ3) is 5.10. The van der Waals surface area contributed by atoms with Crippen LogP contribution in [0.1, 0.15) is 32.0 Å². The highest BCUT2D eigenvalue weighted by atomic mass is 16.6. The van der Waals surface area contributed by atoms with Crippen LogP contribution in [0, 0.1) is 11.8 Å². The molecule has 3 heterocycles. The number of nitrogen functional groups attached to an aromatic ring is 1. The lowest BCUT2D eigenvalue weighted by molar-refractivity contribution is 0.0240. The molecule has 0 aliphatic carbocycles. The van der Waals surface area contributed by atoms with Gasteiger partial charge in [-0.1, -0.05) is 5.92 Å². The Labute approximate surface area is 164 Å². The molecule has 0 spiro atoms. The average Bonchev–Trinajstić information content (AvgIpc) is 2.65. The molecule has 2 aromatic rings. The number of carbonyl (C=O) groups is 1. The first-order chi connectivity index (χ1) is 13.3. The van der Waals surface area contributed by atoms with Gasteiger partial charge < -0.3 is 20.3 Å². The van der Waals surface area contributed by atoms with Crippen LogP contribution in [0.3, 0.4) is 0 Å². The minimum Gasteiger partial charge on any atom is -0.444 e. The fourth-order valence-corrected chi connectivity index (χ4v) is 2.75. The Hall–Kier alpha value is -3.34. The highest BCUT2D eigenvalue weighted by Crippen LogP contribution is 2.19. The van der Waals surface area contributed by atoms with Crippen LogP contribution in [0.5, 0.6) is 0 Å². The number of piperazine rings is 1. The Balaban J connectivity index is 1.70. The fourth-order valence-electron chi connectivity index (χ4n) is 2.75. The van der Waals surface area contributed by atoms with Gasteiger partial charge in [0.2, 0.25) is 5.95 Å². The van der Waals surface area contributed by atoms with Crippen LogP contribution in [0.2, 0.25) is 0 Å². The molecule has 1 fully saturated rings. The molecule has 2 N–H and O–H groups in total. The maximum Gasteiger partial charge on any atom is 0.410 e. The number of ether oxygens (including phenoxy) is 1. The number of carbonyl (C=O) groups excluding carboxylic acids is 1. The normalized spacial score (nSPS) is 14.2. The van der Waals surface area contributed by atoms with E-state index in [1.807, 2.05) is 32.9 Å². The van der Waals surface area contributed by atoms with Crippen LogP contribution >= 0.6 is 0 Å². The third-order valence-electron chi connectivity index (χ3n) is 4.02. The van der Waals surface area contributed by atoms with Crippen molar-refractivity contribution in [2.24, 2.45) is 0 Å². The summed E-state index contributed by atoms with van der Waals surface area (Å²) in [4.78, 5) is 28.5. The van der Waals surface area contributed by atoms with E-state index in [1.165, 1.54) is 0 Å². The van der Waals surface area contributed by atoms with Gasteiger partial charge in [0.25, 0.3) is 0 Å². The van der Waals surface area contributed by atoms with Crippen molar-refractivity contribution < 1.29 is 9.53 Å². The van der Waals surface area contributed by atoms with Crippen molar-refractivity contribution in [1.29, 1.82) is 0 Å². The summed E-state index contributed by atoms with van der Waals surface area (Å²) in [5.41, 5.74) is 6.45. The molecule has 1 amide bonds. The lowest BCUT2D eigenvalue weighted by Crippen LogP contribution is -2.50.